The number of hydrogen-bond donors (Lipinski definition) is 0. The summed E-state index contributed by atoms with van der Waals surface area (Å²) in [5.74, 6) is 0. The van der Waals surface area contributed by atoms with E-state index in [1.54, 1.807) is 0 Å². The van der Waals surface area contributed by atoms with E-state index in [9.17, 15) is 0 Å². The van der Waals surface area contributed by atoms with Crippen LogP contribution in [0, 0.1) is 11.3 Å². The lowest BCUT2D eigenvalue weighted by atomic mass is 9.86. The minimum absolute atomic E-state index is 0.160. The van der Waals surface area contributed by atoms with Crippen LogP contribution in [0.25, 0.3) is 11.1 Å². The molecule has 0 radical (unpaired) electrons. The van der Waals surface area contributed by atoms with Gasteiger partial charge in [-0.2, -0.15) is 5.26 Å². The Morgan fingerprint density at radius 1 is 0.889 bits per heavy atom. The van der Waals surface area contributed by atoms with Gasteiger partial charge in [-0.3, -0.25) is 0 Å². The van der Waals surface area contributed by atoms with Gasteiger partial charge in [0.25, 0.3) is 0 Å². The fourth-order valence-electron chi connectivity index (χ4n) is 1.98. The molecule has 0 aliphatic heterocycles. The van der Waals surface area contributed by atoms with Crippen LogP contribution < -0.4 is 0 Å². The summed E-state index contributed by atoms with van der Waals surface area (Å²) >= 11 is 0. The van der Waals surface area contributed by atoms with Crippen molar-refractivity contribution in [1.29, 1.82) is 5.26 Å². The third-order valence-electron chi connectivity index (χ3n) is 3.11. The molecule has 0 unspecified atom stereocenters. The number of nitriles is 1. The summed E-state index contributed by atoms with van der Waals surface area (Å²) in [5.41, 5.74) is 4.29. The van der Waals surface area contributed by atoms with Gasteiger partial charge >= 0.3 is 0 Å². The van der Waals surface area contributed by atoms with Crippen LogP contribution in [-0.2, 0) is 5.41 Å². The number of rotatable bonds is 1. The van der Waals surface area contributed by atoms with E-state index in [4.69, 9.17) is 5.26 Å². The molecule has 0 saturated heterocycles. The van der Waals surface area contributed by atoms with E-state index in [1.807, 2.05) is 24.3 Å². The van der Waals surface area contributed by atoms with Crippen molar-refractivity contribution in [3.63, 3.8) is 0 Å². The Labute approximate surface area is 109 Å². The molecule has 0 saturated carbocycles. The molecule has 0 bridgehead atoms. The Bertz CT molecular complexity index is 580. The molecule has 0 fully saturated rings. The van der Waals surface area contributed by atoms with Crippen LogP contribution in [-0.4, -0.2) is 0 Å². The van der Waals surface area contributed by atoms with Crippen LogP contribution in [0.5, 0.6) is 0 Å². The molecule has 0 amide bonds. The van der Waals surface area contributed by atoms with Crippen LogP contribution in [0.2, 0.25) is 0 Å². The van der Waals surface area contributed by atoms with Crippen LogP contribution >= 0.6 is 0 Å². The predicted octanol–water partition coefficient (Wildman–Crippen LogP) is 4.52. The fraction of sp³-hybridized carbons (Fsp3) is 0.235. The maximum Gasteiger partial charge on any atom is 0.0998 e. The van der Waals surface area contributed by atoms with Gasteiger partial charge in [-0.15, -0.1) is 0 Å². The lowest BCUT2D eigenvalue weighted by molar-refractivity contribution is 0.590. The fourth-order valence-corrected chi connectivity index (χ4v) is 1.98. The monoisotopic (exact) mass is 235 g/mol. The molecular weight excluding hydrogens is 218 g/mol. The third kappa shape index (κ3) is 2.43. The molecular formula is C17H17N. The highest BCUT2D eigenvalue weighted by Crippen LogP contribution is 2.27. The van der Waals surface area contributed by atoms with Crippen molar-refractivity contribution in [1.82, 2.24) is 0 Å². The summed E-state index contributed by atoms with van der Waals surface area (Å²) in [4.78, 5) is 0. The van der Waals surface area contributed by atoms with Gasteiger partial charge in [0, 0.05) is 0 Å². The zero-order valence-electron chi connectivity index (χ0n) is 11.1. The zero-order chi connectivity index (χ0) is 13.2. The molecule has 90 valence electrons. The SMILES string of the molecule is CC(C)(C)c1ccc(-c2ccccc2C#N)cc1. The Morgan fingerprint density at radius 2 is 1.50 bits per heavy atom. The van der Waals surface area contributed by atoms with E-state index in [1.165, 1.54) is 5.56 Å². The van der Waals surface area contributed by atoms with Crippen LogP contribution in [0.1, 0.15) is 31.9 Å². The molecule has 2 rings (SSSR count). The van der Waals surface area contributed by atoms with Crippen LogP contribution in [0.15, 0.2) is 48.5 Å². The quantitative estimate of drug-likeness (QED) is 0.712. The van der Waals surface area contributed by atoms with E-state index in [2.05, 4.69) is 51.1 Å². The summed E-state index contributed by atoms with van der Waals surface area (Å²) in [6.45, 7) is 6.60. The average Bonchev–Trinajstić information content (AvgIpc) is 2.38. The second kappa shape index (κ2) is 4.66. The molecule has 2 aromatic carbocycles. The molecule has 0 N–H and O–H groups in total. The molecule has 0 atom stereocenters. The van der Waals surface area contributed by atoms with Crippen LogP contribution in [0.3, 0.4) is 0 Å². The molecule has 18 heavy (non-hydrogen) atoms. The Hall–Kier alpha value is -2.07. The first-order valence-electron chi connectivity index (χ1n) is 6.12. The van der Waals surface area contributed by atoms with Crippen LogP contribution in [0.4, 0.5) is 0 Å². The Morgan fingerprint density at radius 3 is 2.06 bits per heavy atom. The Balaban J connectivity index is 2.45. The van der Waals surface area contributed by atoms with E-state index in [-0.39, 0.29) is 5.41 Å². The highest BCUT2D eigenvalue weighted by molar-refractivity contribution is 5.70. The number of nitrogens with zero attached hydrogens (tertiary/aromatic N) is 1. The first kappa shape index (κ1) is 12.4. The second-order valence-electron chi connectivity index (χ2n) is 5.48. The first-order chi connectivity index (χ1) is 8.52. The van der Waals surface area contributed by atoms with Crippen molar-refractivity contribution in [2.75, 3.05) is 0 Å². The maximum atomic E-state index is 9.11. The van der Waals surface area contributed by atoms with E-state index >= 15 is 0 Å². The standard InChI is InChI=1S/C17H17N/c1-17(2,3)15-10-8-13(9-11-15)16-7-5-4-6-14(16)12-18/h4-11H,1-3H3. The van der Waals surface area contributed by atoms with Crippen molar-refractivity contribution in [3.8, 4) is 17.2 Å². The molecule has 0 aliphatic carbocycles. The summed E-state index contributed by atoms with van der Waals surface area (Å²) in [6, 6.07) is 18.4. The smallest absolute Gasteiger partial charge is 0.0998 e. The van der Waals surface area contributed by atoms with Gasteiger partial charge in [0.05, 0.1) is 11.6 Å². The van der Waals surface area contributed by atoms with Gasteiger partial charge in [0.1, 0.15) is 0 Å². The zero-order valence-corrected chi connectivity index (χ0v) is 11.1. The number of benzene rings is 2. The van der Waals surface area contributed by atoms with Gasteiger partial charge in [0.2, 0.25) is 0 Å². The molecule has 0 spiro atoms. The van der Waals surface area contributed by atoms with Crippen molar-refractivity contribution in [2.24, 2.45) is 0 Å². The molecule has 0 heterocycles. The van der Waals surface area contributed by atoms with Gasteiger partial charge in [-0.05, 0) is 28.2 Å². The average molecular weight is 235 g/mol. The molecule has 1 nitrogen and oxygen atoms in total. The maximum absolute atomic E-state index is 9.11. The molecule has 1 heteroatoms. The molecule has 0 aliphatic rings. The lowest BCUT2D eigenvalue weighted by Crippen LogP contribution is -2.10. The first-order valence-corrected chi connectivity index (χ1v) is 6.12. The normalized spacial score (nSPS) is 11.0. The van der Waals surface area contributed by atoms with Gasteiger partial charge in [-0.25, -0.2) is 0 Å². The van der Waals surface area contributed by atoms with Crippen molar-refractivity contribution >= 4 is 0 Å². The van der Waals surface area contributed by atoms with E-state index in [0.29, 0.717) is 0 Å². The topological polar surface area (TPSA) is 23.8 Å². The summed E-state index contributed by atoms with van der Waals surface area (Å²) < 4.78 is 0. The van der Waals surface area contributed by atoms with E-state index < -0.39 is 0 Å². The third-order valence-corrected chi connectivity index (χ3v) is 3.11. The molecule has 0 aromatic heterocycles. The highest BCUT2D eigenvalue weighted by Gasteiger charge is 2.13. The minimum Gasteiger partial charge on any atom is -0.192 e. The highest BCUT2D eigenvalue weighted by atomic mass is 14.2. The lowest BCUT2D eigenvalue weighted by Gasteiger charge is -2.19. The molecule has 2 aromatic rings. The van der Waals surface area contributed by atoms with E-state index in [0.717, 1.165) is 16.7 Å². The van der Waals surface area contributed by atoms with Crippen molar-refractivity contribution in [2.45, 2.75) is 26.2 Å². The minimum atomic E-state index is 0.160. The second-order valence-corrected chi connectivity index (χ2v) is 5.48. The van der Waals surface area contributed by atoms with Gasteiger partial charge in [-0.1, -0.05) is 63.2 Å². The van der Waals surface area contributed by atoms with Gasteiger partial charge in [0.15, 0.2) is 0 Å². The van der Waals surface area contributed by atoms with Gasteiger partial charge < -0.3 is 0 Å². The largest absolute Gasteiger partial charge is 0.192 e. The summed E-state index contributed by atoms with van der Waals surface area (Å²) in [5, 5.41) is 9.11. The number of hydrogen-bond acceptors (Lipinski definition) is 1. The van der Waals surface area contributed by atoms with Crippen molar-refractivity contribution < 1.29 is 0 Å². The summed E-state index contributed by atoms with van der Waals surface area (Å²) in [7, 11) is 0. The van der Waals surface area contributed by atoms with Crippen molar-refractivity contribution in [3.05, 3.63) is 59.7 Å². The Kier molecular flexibility index (Phi) is 3.21. The summed E-state index contributed by atoms with van der Waals surface area (Å²) in [6.07, 6.45) is 0. The predicted molar refractivity (Wildman–Crippen MR) is 75.3 cm³/mol.